The maximum absolute atomic E-state index is 10.6. The predicted octanol–water partition coefficient (Wildman–Crippen LogP) is 3.09. The molecule has 1 aromatic rings. The molecule has 0 aromatic carbocycles. The minimum Gasteiger partial charge on any atom is -0.297 e. The van der Waals surface area contributed by atoms with Crippen molar-refractivity contribution >= 4 is 29.2 Å². The minimum atomic E-state index is 0.826. The summed E-state index contributed by atoms with van der Waals surface area (Å²) in [6.07, 6.45) is 5.43. The summed E-state index contributed by atoms with van der Waals surface area (Å²) in [5.41, 5.74) is 2.45. The maximum atomic E-state index is 10.6. The van der Waals surface area contributed by atoms with Crippen LogP contribution in [0.4, 0.5) is 0 Å². The first-order valence-electron chi connectivity index (χ1n) is 4.08. The van der Waals surface area contributed by atoms with Crippen molar-refractivity contribution in [3.63, 3.8) is 0 Å². The van der Waals surface area contributed by atoms with Crippen LogP contribution in [-0.2, 0) is 12.8 Å². The van der Waals surface area contributed by atoms with Gasteiger partial charge >= 0.3 is 0 Å². The number of thiophene rings is 1. The number of carbonyl (C=O) groups excluding carboxylic acids is 1. The molecule has 1 aliphatic carbocycles. The molecule has 0 saturated carbocycles. The van der Waals surface area contributed by atoms with Crippen molar-refractivity contribution in [2.24, 2.45) is 0 Å². The fourth-order valence-electron chi connectivity index (χ4n) is 1.71. The van der Waals surface area contributed by atoms with Gasteiger partial charge in [0.15, 0.2) is 6.29 Å². The standard InChI is InChI=1S/C9H9ClOS/c10-9-7-4-2-1-3-6(7)8(5-11)12-9/h5H,1-4H2. The third-order valence-corrected chi connectivity index (χ3v) is 3.76. The molecule has 12 heavy (non-hydrogen) atoms. The van der Waals surface area contributed by atoms with Gasteiger partial charge in [0.05, 0.1) is 9.21 Å². The van der Waals surface area contributed by atoms with E-state index in [1.807, 2.05) is 0 Å². The van der Waals surface area contributed by atoms with Crippen molar-refractivity contribution in [3.05, 3.63) is 20.3 Å². The van der Waals surface area contributed by atoms with Gasteiger partial charge in [0.2, 0.25) is 0 Å². The monoisotopic (exact) mass is 200 g/mol. The first kappa shape index (κ1) is 8.27. The van der Waals surface area contributed by atoms with Crippen LogP contribution in [0.15, 0.2) is 0 Å². The summed E-state index contributed by atoms with van der Waals surface area (Å²) < 4.78 is 0.826. The van der Waals surface area contributed by atoms with Crippen LogP contribution in [0.25, 0.3) is 0 Å². The molecular formula is C9H9ClOS. The Bertz CT molecular complexity index is 317. The molecule has 0 atom stereocenters. The van der Waals surface area contributed by atoms with Gasteiger partial charge in [-0.25, -0.2) is 0 Å². The van der Waals surface area contributed by atoms with Crippen molar-refractivity contribution in [1.29, 1.82) is 0 Å². The second-order valence-corrected chi connectivity index (χ2v) is 4.68. The Hall–Kier alpha value is -0.340. The Morgan fingerprint density at radius 1 is 1.25 bits per heavy atom. The molecule has 1 heterocycles. The quantitative estimate of drug-likeness (QED) is 0.637. The summed E-state index contributed by atoms with van der Waals surface area (Å²) in [7, 11) is 0. The van der Waals surface area contributed by atoms with E-state index in [4.69, 9.17) is 11.6 Å². The molecular weight excluding hydrogens is 192 g/mol. The van der Waals surface area contributed by atoms with Crippen LogP contribution in [0.3, 0.4) is 0 Å². The van der Waals surface area contributed by atoms with Crippen LogP contribution in [-0.4, -0.2) is 6.29 Å². The van der Waals surface area contributed by atoms with Gasteiger partial charge in [0.1, 0.15) is 0 Å². The SMILES string of the molecule is O=Cc1sc(Cl)c2c1CCCC2. The summed E-state index contributed by atoms with van der Waals surface area (Å²) in [6.45, 7) is 0. The maximum Gasteiger partial charge on any atom is 0.160 e. The number of carbonyl (C=O) groups is 1. The number of aldehydes is 1. The first-order chi connectivity index (χ1) is 5.83. The zero-order chi connectivity index (χ0) is 8.55. The van der Waals surface area contributed by atoms with Gasteiger partial charge < -0.3 is 0 Å². The second-order valence-electron chi connectivity index (χ2n) is 3.02. The van der Waals surface area contributed by atoms with Crippen LogP contribution >= 0.6 is 22.9 Å². The van der Waals surface area contributed by atoms with Crippen molar-refractivity contribution in [3.8, 4) is 0 Å². The average Bonchev–Trinajstić information content (AvgIpc) is 2.44. The number of fused-ring (bicyclic) bond motifs is 1. The fraction of sp³-hybridized carbons (Fsp3) is 0.444. The highest BCUT2D eigenvalue weighted by Crippen LogP contribution is 2.36. The summed E-state index contributed by atoms with van der Waals surface area (Å²) in [5, 5.41) is 0. The number of hydrogen-bond donors (Lipinski definition) is 0. The van der Waals surface area contributed by atoms with E-state index in [0.717, 1.165) is 28.3 Å². The third kappa shape index (κ3) is 1.19. The predicted molar refractivity (Wildman–Crippen MR) is 51.4 cm³/mol. The molecule has 0 aliphatic heterocycles. The molecule has 0 fully saturated rings. The van der Waals surface area contributed by atoms with Gasteiger partial charge in [-0.1, -0.05) is 11.6 Å². The topological polar surface area (TPSA) is 17.1 Å². The zero-order valence-electron chi connectivity index (χ0n) is 6.60. The molecule has 0 saturated heterocycles. The molecule has 1 nitrogen and oxygen atoms in total. The van der Waals surface area contributed by atoms with Gasteiger partial charge in [-0.05, 0) is 36.8 Å². The molecule has 3 heteroatoms. The Morgan fingerprint density at radius 3 is 2.58 bits per heavy atom. The highest BCUT2D eigenvalue weighted by molar-refractivity contribution is 7.18. The van der Waals surface area contributed by atoms with Gasteiger partial charge in [0, 0.05) is 0 Å². The van der Waals surface area contributed by atoms with E-state index in [1.165, 1.54) is 35.3 Å². The average molecular weight is 201 g/mol. The normalized spacial score (nSPS) is 15.8. The number of hydrogen-bond acceptors (Lipinski definition) is 2. The summed E-state index contributed by atoms with van der Waals surface area (Å²) in [4.78, 5) is 11.5. The first-order valence-corrected chi connectivity index (χ1v) is 5.27. The molecule has 2 rings (SSSR count). The van der Waals surface area contributed by atoms with E-state index in [0.29, 0.717) is 0 Å². The summed E-state index contributed by atoms with van der Waals surface area (Å²) in [6, 6.07) is 0. The Labute approximate surface area is 80.4 Å². The molecule has 1 aromatic heterocycles. The number of halogens is 1. The molecule has 0 unspecified atom stereocenters. The van der Waals surface area contributed by atoms with Crippen LogP contribution in [0.1, 0.15) is 33.6 Å². The summed E-state index contributed by atoms with van der Waals surface area (Å²) >= 11 is 7.43. The number of rotatable bonds is 1. The van der Waals surface area contributed by atoms with Crippen LogP contribution in [0.5, 0.6) is 0 Å². The lowest BCUT2D eigenvalue weighted by Gasteiger charge is -2.11. The Balaban J connectivity index is 2.53. The van der Waals surface area contributed by atoms with Gasteiger partial charge in [-0.15, -0.1) is 11.3 Å². The third-order valence-electron chi connectivity index (χ3n) is 2.31. The van der Waals surface area contributed by atoms with Gasteiger partial charge in [-0.3, -0.25) is 4.79 Å². The molecule has 1 aliphatic rings. The van der Waals surface area contributed by atoms with E-state index in [9.17, 15) is 4.79 Å². The van der Waals surface area contributed by atoms with Crippen molar-refractivity contribution in [1.82, 2.24) is 0 Å². The highest BCUT2D eigenvalue weighted by atomic mass is 35.5. The van der Waals surface area contributed by atoms with Gasteiger partial charge in [0.25, 0.3) is 0 Å². The second kappa shape index (κ2) is 3.19. The van der Waals surface area contributed by atoms with E-state index >= 15 is 0 Å². The molecule has 0 spiro atoms. The summed E-state index contributed by atoms with van der Waals surface area (Å²) in [5.74, 6) is 0. The van der Waals surface area contributed by atoms with E-state index in [1.54, 1.807) is 0 Å². The largest absolute Gasteiger partial charge is 0.297 e. The minimum absolute atomic E-state index is 0.826. The molecule has 0 N–H and O–H groups in total. The molecule has 0 radical (unpaired) electrons. The lowest BCUT2D eigenvalue weighted by Crippen LogP contribution is -2.01. The van der Waals surface area contributed by atoms with Crippen LogP contribution in [0, 0.1) is 0 Å². The Morgan fingerprint density at radius 2 is 1.92 bits per heavy atom. The van der Waals surface area contributed by atoms with Crippen LogP contribution in [0.2, 0.25) is 4.34 Å². The smallest absolute Gasteiger partial charge is 0.160 e. The highest BCUT2D eigenvalue weighted by Gasteiger charge is 2.18. The lowest BCUT2D eigenvalue weighted by molar-refractivity contribution is 0.112. The lowest BCUT2D eigenvalue weighted by atomic mass is 9.94. The molecule has 0 amide bonds. The van der Waals surface area contributed by atoms with Crippen LogP contribution < -0.4 is 0 Å². The van der Waals surface area contributed by atoms with Crippen molar-refractivity contribution < 1.29 is 4.79 Å². The Kier molecular flexibility index (Phi) is 2.20. The van der Waals surface area contributed by atoms with E-state index in [-0.39, 0.29) is 0 Å². The van der Waals surface area contributed by atoms with E-state index in [2.05, 4.69) is 0 Å². The van der Waals surface area contributed by atoms with Crippen molar-refractivity contribution in [2.75, 3.05) is 0 Å². The fourth-order valence-corrected chi connectivity index (χ4v) is 3.11. The molecule has 0 bridgehead atoms. The zero-order valence-corrected chi connectivity index (χ0v) is 8.17. The van der Waals surface area contributed by atoms with Crippen molar-refractivity contribution in [2.45, 2.75) is 25.7 Å². The van der Waals surface area contributed by atoms with Gasteiger partial charge in [-0.2, -0.15) is 0 Å². The van der Waals surface area contributed by atoms with E-state index < -0.39 is 0 Å². The molecule has 64 valence electrons.